The fourth-order valence-corrected chi connectivity index (χ4v) is 5.42. The average molecular weight is 520 g/mol. The maximum absolute atomic E-state index is 13.2. The maximum Gasteiger partial charge on any atom is 0.167 e. The Morgan fingerprint density at radius 2 is 1.64 bits per heavy atom. The summed E-state index contributed by atoms with van der Waals surface area (Å²) in [7, 11) is 3.86. The Balaban J connectivity index is 1.21. The zero-order chi connectivity index (χ0) is 27.2. The predicted octanol–water partition coefficient (Wildman–Crippen LogP) is 7.63. The number of nitrogens with zero attached hydrogens (tertiary/aromatic N) is 1. The molecule has 0 N–H and O–H groups in total. The Kier molecular flexibility index (Phi) is 8.43. The lowest BCUT2D eigenvalue weighted by molar-refractivity contribution is 0.0993. The Hall–Kier alpha value is -3.89. The van der Waals surface area contributed by atoms with Crippen molar-refractivity contribution in [3.05, 3.63) is 108 Å². The fourth-order valence-electron chi connectivity index (χ4n) is 5.42. The zero-order valence-electron chi connectivity index (χ0n) is 23.2. The fraction of sp³-hybridized carbons (Fsp3) is 0.286. The van der Waals surface area contributed by atoms with Gasteiger partial charge in [-0.1, -0.05) is 66.2 Å². The number of ketones is 1. The van der Waals surface area contributed by atoms with Crippen molar-refractivity contribution < 1.29 is 14.3 Å². The van der Waals surface area contributed by atoms with Gasteiger partial charge >= 0.3 is 0 Å². The second-order valence-corrected chi connectivity index (χ2v) is 10.5. The van der Waals surface area contributed by atoms with E-state index in [1.54, 1.807) is 7.11 Å². The van der Waals surface area contributed by atoms with Crippen molar-refractivity contribution >= 4 is 5.78 Å². The Bertz CT molecular complexity index is 1410. The van der Waals surface area contributed by atoms with Gasteiger partial charge in [0.2, 0.25) is 0 Å². The van der Waals surface area contributed by atoms with Gasteiger partial charge in [0.1, 0.15) is 11.5 Å². The molecule has 0 saturated carbocycles. The number of benzene rings is 4. The highest BCUT2D eigenvalue weighted by Gasteiger charge is 2.20. The molecule has 0 bridgehead atoms. The number of carbonyl (C=O) groups is 1. The molecule has 1 aliphatic heterocycles. The molecule has 4 heteroatoms. The molecule has 1 atom stereocenters. The monoisotopic (exact) mass is 519 g/mol. The third kappa shape index (κ3) is 6.58. The topological polar surface area (TPSA) is 38.8 Å². The number of carbonyl (C=O) groups excluding carboxylic acids is 1. The molecule has 0 aliphatic carbocycles. The normalized spacial score (nSPS) is 15.3. The van der Waals surface area contributed by atoms with E-state index in [0.29, 0.717) is 18.0 Å². The van der Waals surface area contributed by atoms with Gasteiger partial charge in [-0.25, -0.2) is 0 Å². The minimum Gasteiger partial charge on any atom is -0.496 e. The number of hydrogen-bond donors (Lipinski definition) is 0. The summed E-state index contributed by atoms with van der Waals surface area (Å²) in [5.41, 5.74) is 7.08. The molecule has 0 spiro atoms. The lowest BCUT2D eigenvalue weighted by atomic mass is 9.96. The molecule has 1 fully saturated rings. The highest BCUT2D eigenvalue weighted by atomic mass is 16.5. The predicted molar refractivity (Wildman–Crippen MR) is 159 cm³/mol. The number of ether oxygens (including phenoxy) is 2. The number of aryl methyl sites for hydroxylation is 1. The molecule has 5 rings (SSSR count). The summed E-state index contributed by atoms with van der Waals surface area (Å²) in [5.74, 6) is 1.76. The summed E-state index contributed by atoms with van der Waals surface area (Å²) in [5, 5.41) is 0. The second-order valence-electron chi connectivity index (χ2n) is 10.5. The summed E-state index contributed by atoms with van der Waals surface area (Å²) < 4.78 is 11.6. The number of likely N-dealkylation sites (tertiary alicyclic amines) is 1. The van der Waals surface area contributed by atoms with E-state index in [0.717, 1.165) is 52.3 Å². The first-order chi connectivity index (χ1) is 19.0. The Morgan fingerprint density at radius 3 is 2.31 bits per heavy atom. The summed E-state index contributed by atoms with van der Waals surface area (Å²) in [6.07, 6.45) is 3.99. The van der Waals surface area contributed by atoms with Gasteiger partial charge in [0.05, 0.1) is 13.7 Å². The largest absolute Gasteiger partial charge is 0.496 e. The summed E-state index contributed by atoms with van der Waals surface area (Å²) in [6, 6.07) is 31.1. The third-order valence-electron chi connectivity index (χ3n) is 7.75. The molecule has 1 aliphatic rings. The van der Waals surface area contributed by atoms with Crippen molar-refractivity contribution in [2.24, 2.45) is 0 Å². The lowest BCUT2D eigenvalue weighted by Gasteiger charge is -2.19. The van der Waals surface area contributed by atoms with Crippen LogP contribution in [0.4, 0.5) is 0 Å². The van der Waals surface area contributed by atoms with E-state index in [4.69, 9.17) is 9.47 Å². The Labute approximate surface area is 232 Å². The van der Waals surface area contributed by atoms with Crippen molar-refractivity contribution in [1.82, 2.24) is 4.90 Å². The smallest absolute Gasteiger partial charge is 0.167 e. The van der Waals surface area contributed by atoms with Crippen molar-refractivity contribution in [1.29, 1.82) is 0 Å². The van der Waals surface area contributed by atoms with Crippen LogP contribution in [0.15, 0.2) is 91.0 Å². The highest BCUT2D eigenvalue weighted by Crippen LogP contribution is 2.32. The third-order valence-corrected chi connectivity index (χ3v) is 7.75. The minimum absolute atomic E-state index is 0.0876. The molecule has 0 aromatic heterocycles. The molecule has 4 aromatic carbocycles. The highest BCUT2D eigenvalue weighted by molar-refractivity contribution is 5.99. The van der Waals surface area contributed by atoms with Crippen LogP contribution >= 0.6 is 0 Å². The van der Waals surface area contributed by atoms with Crippen molar-refractivity contribution in [3.63, 3.8) is 0 Å². The van der Waals surface area contributed by atoms with Crippen LogP contribution in [0.25, 0.3) is 22.3 Å². The van der Waals surface area contributed by atoms with Crippen LogP contribution in [0.1, 0.15) is 40.7 Å². The first kappa shape index (κ1) is 26.7. The summed E-state index contributed by atoms with van der Waals surface area (Å²) >= 11 is 0. The Morgan fingerprint density at radius 1 is 0.897 bits per heavy atom. The van der Waals surface area contributed by atoms with Crippen LogP contribution in [0.5, 0.6) is 11.5 Å². The minimum atomic E-state index is 0.0876. The maximum atomic E-state index is 13.2. The molecular formula is C35H37NO3. The average Bonchev–Trinajstić information content (AvgIpc) is 3.37. The van der Waals surface area contributed by atoms with Crippen molar-refractivity contribution in [3.8, 4) is 33.8 Å². The molecule has 0 amide bonds. The molecule has 4 aromatic rings. The molecule has 4 nitrogen and oxygen atoms in total. The lowest BCUT2D eigenvalue weighted by Crippen LogP contribution is -2.26. The summed E-state index contributed by atoms with van der Waals surface area (Å²) in [6.45, 7) is 4.01. The van der Waals surface area contributed by atoms with Gasteiger partial charge in [-0.3, -0.25) is 4.79 Å². The molecule has 1 heterocycles. The standard InChI is InChI=1S/C35H37NO3/c1-25-6-4-7-29(22-25)33-24-30(15-18-35(33)38-3)34(37)23-26-9-11-27(12-10-26)28-13-16-32(17-14-28)39-21-19-31-8-5-20-36(31)2/h4,6-7,9-18,22,24,31H,5,8,19-21,23H2,1-3H3. The molecule has 0 radical (unpaired) electrons. The van der Waals surface area contributed by atoms with Gasteiger partial charge in [0.15, 0.2) is 5.78 Å². The van der Waals surface area contributed by atoms with Gasteiger partial charge < -0.3 is 14.4 Å². The SMILES string of the molecule is COc1ccc(C(=O)Cc2ccc(-c3ccc(OCCC4CCCN4C)cc3)cc2)cc1-c1cccc(C)c1. The van der Waals surface area contributed by atoms with Crippen molar-refractivity contribution in [2.45, 2.75) is 38.6 Å². The van der Waals surface area contributed by atoms with E-state index in [2.05, 4.69) is 55.3 Å². The number of methoxy groups -OCH3 is 1. The van der Waals surface area contributed by atoms with Crippen LogP contribution in [0, 0.1) is 6.92 Å². The van der Waals surface area contributed by atoms with Gasteiger partial charge in [-0.2, -0.15) is 0 Å². The first-order valence-electron chi connectivity index (χ1n) is 13.8. The van der Waals surface area contributed by atoms with E-state index in [1.807, 2.05) is 54.6 Å². The van der Waals surface area contributed by atoms with Crippen molar-refractivity contribution in [2.75, 3.05) is 27.3 Å². The van der Waals surface area contributed by atoms with Gasteiger partial charge in [-0.05, 0) is 92.4 Å². The van der Waals surface area contributed by atoms with E-state index in [-0.39, 0.29) is 5.78 Å². The van der Waals surface area contributed by atoms with Crippen LogP contribution in [-0.2, 0) is 6.42 Å². The van der Waals surface area contributed by atoms with E-state index in [1.165, 1.54) is 24.9 Å². The first-order valence-corrected chi connectivity index (χ1v) is 13.8. The number of rotatable bonds is 10. The van der Waals surface area contributed by atoms with Gasteiger partial charge in [0.25, 0.3) is 0 Å². The number of Topliss-reactive ketones (excluding diaryl/α,β-unsaturated/α-hetero) is 1. The molecule has 1 saturated heterocycles. The second kappa shape index (κ2) is 12.3. The zero-order valence-corrected chi connectivity index (χ0v) is 23.2. The quantitative estimate of drug-likeness (QED) is 0.202. The summed E-state index contributed by atoms with van der Waals surface area (Å²) in [4.78, 5) is 15.6. The molecule has 200 valence electrons. The van der Waals surface area contributed by atoms with E-state index in [9.17, 15) is 4.79 Å². The van der Waals surface area contributed by atoms with Gasteiger partial charge in [-0.15, -0.1) is 0 Å². The van der Waals surface area contributed by atoms with Crippen LogP contribution in [0.2, 0.25) is 0 Å². The van der Waals surface area contributed by atoms with Gasteiger partial charge in [0, 0.05) is 23.6 Å². The van der Waals surface area contributed by atoms with Crippen LogP contribution in [0.3, 0.4) is 0 Å². The molecule has 1 unspecified atom stereocenters. The molecular weight excluding hydrogens is 482 g/mol. The van der Waals surface area contributed by atoms with E-state index < -0.39 is 0 Å². The van der Waals surface area contributed by atoms with E-state index >= 15 is 0 Å². The van der Waals surface area contributed by atoms with Crippen LogP contribution < -0.4 is 9.47 Å². The number of hydrogen-bond acceptors (Lipinski definition) is 4. The molecule has 39 heavy (non-hydrogen) atoms. The van der Waals surface area contributed by atoms with Crippen LogP contribution in [-0.4, -0.2) is 44.0 Å².